The molecule has 0 radical (unpaired) electrons. The van der Waals surface area contributed by atoms with Crippen molar-refractivity contribution >= 4 is 29.6 Å². The predicted octanol–water partition coefficient (Wildman–Crippen LogP) is 1.46. The number of fused-ring (bicyclic) bond motifs is 1. The molecule has 1 aromatic carbocycles. The van der Waals surface area contributed by atoms with Crippen molar-refractivity contribution in [1.82, 2.24) is 25.8 Å². The molecule has 4 atom stereocenters. The van der Waals surface area contributed by atoms with Crippen LogP contribution in [0.1, 0.15) is 32.5 Å². The Hall–Kier alpha value is -2.17. The van der Waals surface area contributed by atoms with Gasteiger partial charge >= 0.3 is 6.03 Å². The maximum atomic E-state index is 13.8. The molecule has 0 aliphatic carbocycles. The third-order valence-corrected chi connectivity index (χ3v) is 6.26. The molecule has 164 valence electrons. The number of thioether (sulfide) groups is 1. The first-order valence-corrected chi connectivity index (χ1v) is 10.8. The number of benzene rings is 1. The van der Waals surface area contributed by atoms with Crippen LogP contribution >= 0.6 is 11.8 Å². The molecule has 3 rings (SSSR count). The monoisotopic (exact) mass is 437 g/mol. The van der Waals surface area contributed by atoms with Gasteiger partial charge in [0, 0.05) is 19.6 Å². The molecule has 4 unspecified atom stereocenters. The second kappa shape index (κ2) is 8.52. The van der Waals surface area contributed by atoms with Crippen LogP contribution in [0.15, 0.2) is 24.3 Å². The first-order valence-electron chi connectivity index (χ1n) is 9.72. The normalized spacial score (nSPS) is 27.1. The highest BCUT2D eigenvalue weighted by Gasteiger charge is 2.51. The largest absolute Gasteiger partial charge is 0.351 e. The molecule has 0 saturated carbocycles. The Morgan fingerprint density at radius 2 is 1.93 bits per heavy atom. The number of urea groups is 1. The molecule has 0 spiro atoms. The van der Waals surface area contributed by atoms with Crippen molar-refractivity contribution in [1.29, 1.82) is 0 Å². The van der Waals surface area contributed by atoms with E-state index in [1.54, 1.807) is 19.2 Å². The predicted molar refractivity (Wildman–Crippen MR) is 113 cm³/mol. The number of imide groups is 1. The lowest BCUT2D eigenvalue weighted by atomic mass is 9.96. The molecule has 3 N–H and O–H groups in total. The molecule has 2 heterocycles. The van der Waals surface area contributed by atoms with Crippen molar-refractivity contribution in [3.05, 3.63) is 35.6 Å². The van der Waals surface area contributed by atoms with E-state index in [0.717, 1.165) is 4.90 Å². The molecule has 1 aromatic rings. The zero-order valence-corrected chi connectivity index (χ0v) is 18.5. The standard InChI is InChI=1S/C20H28FN5O3S/c1-20(2,3)24-13(27)10-30-17-14-16(25(4)19(29)26(5)18(14)28)22-15(23-17)11-7-6-8-12(21)9-11/h6-9,14-17,22-23H,10H2,1-5H3,(H,24,27). The van der Waals surface area contributed by atoms with Gasteiger partial charge in [-0.1, -0.05) is 12.1 Å². The quantitative estimate of drug-likeness (QED) is 0.660. The maximum Gasteiger partial charge on any atom is 0.327 e. The van der Waals surface area contributed by atoms with Crippen molar-refractivity contribution in [3.8, 4) is 0 Å². The number of amides is 4. The fourth-order valence-corrected chi connectivity index (χ4v) is 4.80. The molecule has 0 bridgehead atoms. The van der Waals surface area contributed by atoms with Crippen LogP contribution in [0, 0.1) is 11.7 Å². The minimum absolute atomic E-state index is 0.142. The maximum absolute atomic E-state index is 13.8. The Bertz CT molecular complexity index is 846. The van der Waals surface area contributed by atoms with E-state index in [1.165, 1.54) is 35.8 Å². The van der Waals surface area contributed by atoms with Crippen LogP contribution in [0.3, 0.4) is 0 Å². The molecule has 10 heteroatoms. The summed E-state index contributed by atoms with van der Waals surface area (Å²) < 4.78 is 13.8. The van der Waals surface area contributed by atoms with Gasteiger partial charge < -0.3 is 10.2 Å². The summed E-state index contributed by atoms with van der Waals surface area (Å²) >= 11 is 1.30. The highest BCUT2D eigenvalue weighted by Crippen LogP contribution is 2.34. The van der Waals surface area contributed by atoms with Gasteiger partial charge in [-0.25, -0.2) is 9.18 Å². The van der Waals surface area contributed by atoms with Crippen LogP contribution in [0.5, 0.6) is 0 Å². The average molecular weight is 438 g/mol. The summed E-state index contributed by atoms with van der Waals surface area (Å²) in [5.41, 5.74) is 0.282. The van der Waals surface area contributed by atoms with E-state index >= 15 is 0 Å². The molecule has 2 fully saturated rings. The Morgan fingerprint density at radius 1 is 1.23 bits per heavy atom. The van der Waals surface area contributed by atoms with Crippen molar-refractivity contribution in [2.24, 2.45) is 5.92 Å². The van der Waals surface area contributed by atoms with Gasteiger partial charge in [-0.3, -0.25) is 25.1 Å². The zero-order valence-electron chi connectivity index (χ0n) is 17.7. The number of nitrogens with zero attached hydrogens (tertiary/aromatic N) is 2. The third kappa shape index (κ3) is 4.76. The second-order valence-corrected chi connectivity index (χ2v) is 9.74. The summed E-state index contributed by atoms with van der Waals surface area (Å²) in [7, 11) is 3.07. The lowest BCUT2D eigenvalue weighted by Crippen LogP contribution is -2.72. The number of halogens is 1. The Balaban J connectivity index is 1.85. The van der Waals surface area contributed by atoms with E-state index in [4.69, 9.17) is 0 Å². The lowest BCUT2D eigenvalue weighted by Gasteiger charge is -2.50. The fraction of sp³-hybridized carbons (Fsp3) is 0.550. The van der Waals surface area contributed by atoms with Gasteiger partial charge in [0.2, 0.25) is 11.8 Å². The van der Waals surface area contributed by atoms with Gasteiger partial charge in [0.05, 0.1) is 29.4 Å². The van der Waals surface area contributed by atoms with Gasteiger partial charge in [-0.2, -0.15) is 0 Å². The van der Waals surface area contributed by atoms with Crippen LogP contribution in [-0.4, -0.2) is 64.6 Å². The first kappa shape index (κ1) is 22.5. The van der Waals surface area contributed by atoms with Crippen LogP contribution in [0.2, 0.25) is 0 Å². The van der Waals surface area contributed by atoms with Crippen LogP contribution in [0.25, 0.3) is 0 Å². The molecular formula is C20H28FN5O3S. The zero-order chi connectivity index (χ0) is 22.2. The van der Waals surface area contributed by atoms with Crippen LogP contribution in [-0.2, 0) is 9.59 Å². The first-order chi connectivity index (χ1) is 14.0. The van der Waals surface area contributed by atoms with Crippen LogP contribution < -0.4 is 16.0 Å². The molecule has 30 heavy (non-hydrogen) atoms. The van der Waals surface area contributed by atoms with E-state index in [0.29, 0.717) is 5.56 Å². The fourth-order valence-electron chi connectivity index (χ4n) is 3.70. The molecule has 8 nitrogen and oxygen atoms in total. The van der Waals surface area contributed by atoms with Crippen molar-refractivity contribution < 1.29 is 18.8 Å². The molecule has 2 aliphatic heterocycles. The van der Waals surface area contributed by atoms with Crippen LogP contribution in [0.4, 0.5) is 9.18 Å². The summed E-state index contributed by atoms with van der Waals surface area (Å²) in [6, 6.07) is 5.71. The Labute approximate surface area is 179 Å². The molecular weight excluding hydrogens is 409 g/mol. The topological polar surface area (TPSA) is 93.8 Å². The summed E-state index contributed by atoms with van der Waals surface area (Å²) in [6.07, 6.45) is -1.07. The van der Waals surface area contributed by atoms with E-state index < -0.39 is 29.7 Å². The summed E-state index contributed by atoms with van der Waals surface area (Å²) in [5, 5.41) is 9.02. The average Bonchev–Trinajstić information content (AvgIpc) is 2.67. The molecule has 4 amide bonds. The van der Waals surface area contributed by atoms with Crippen molar-refractivity contribution in [2.75, 3.05) is 19.8 Å². The van der Waals surface area contributed by atoms with Gasteiger partial charge in [0.15, 0.2) is 0 Å². The number of nitrogens with one attached hydrogen (secondary N) is 3. The molecule has 0 aromatic heterocycles. The number of hydrogen-bond acceptors (Lipinski definition) is 6. The van der Waals surface area contributed by atoms with E-state index in [2.05, 4.69) is 16.0 Å². The molecule has 2 saturated heterocycles. The Morgan fingerprint density at radius 3 is 2.57 bits per heavy atom. The van der Waals surface area contributed by atoms with E-state index in [9.17, 15) is 18.8 Å². The van der Waals surface area contributed by atoms with E-state index in [-0.39, 0.29) is 28.9 Å². The highest BCUT2D eigenvalue weighted by atomic mass is 32.2. The smallest absolute Gasteiger partial charge is 0.327 e. The number of rotatable bonds is 4. The highest BCUT2D eigenvalue weighted by molar-refractivity contribution is 8.00. The van der Waals surface area contributed by atoms with Gasteiger partial charge in [0.1, 0.15) is 5.82 Å². The lowest BCUT2D eigenvalue weighted by molar-refractivity contribution is -0.140. The number of carbonyl (C=O) groups excluding carboxylic acids is 3. The Kier molecular flexibility index (Phi) is 6.40. The third-order valence-electron chi connectivity index (χ3n) is 5.05. The summed E-state index contributed by atoms with van der Waals surface area (Å²) in [4.78, 5) is 40.3. The minimum atomic E-state index is -0.602. The summed E-state index contributed by atoms with van der Waals surface area (Å²) in [6.45, 7) is 5.69. The SMILES string of the molecule is CN1C(=O)C2C(SCC(=O)NC(C)(C)C)NC(c3cccc(F)c3)NC2N(C)C1=O. The minimum Gasteiger partial charge on any atom is -0.351 e. The van der Waals surface area contributed by atoms with E-state index in [1.807, 2.05) is 20.8 Å². The molecule has 2 aliphatic rings. The second-order valence-electron chi connectivity index (χ2n) is 8.61. The van der Waals surface area contributed by atoms with Gasteiger partial charge in [-0.15, -0.1) is 11.8 Å². The van der Waals surface area contributed by atoms with Crippen molar-refractivity contribution in [3.63, 3.8) is 0 Å². The summed E-state index contributed by atoms with van der Waals surface area (Å²) in [5.74, 6) is -1.31. The van der Waals surface area contributed by atoms with Crippen molar-refractivity contribution in [2.45, 2.75) is 44.0 Å². The van der Waals surface area contributed by atoms with Gasteiger partial charge in [-0.05, 0) is 38.5 Å². The number of hydrogen-bond donors (Lipinski definition) is 3. The van der Waals surface area contributed by atoms with Gasteiger partial charge in [0.25, 0.3) is 0 Å². The number of carbonyl (C=O) groups is 3.